The third-order valence-electron chi connectivity index (χ3n) is 4.45. The Bertz CT molecular complexity index is 458. The Morgan fingerprint density at radius 2 is 1.86 bits per heavy atom. The molecule has 0 aromatic heterocycles. The third kappa shape index (κ3) is 5.75. The molecule has 0 saturated heterocycles. The summed E-state index contributed by atoms with van der Waals surface area (Å²) in [5.74, 6) is 0.748. The lowest BCUT2D eigenvalue weighted by molar-refractivity contribution is 0.419. The Balaban J connectivity index is 2.84. The van der Waals surface area contributed by atoms with Gasteiger partial charge in [0.25, 0.3) is 0 Å². The molecule has 1 saturated carbocycles. The van der Waals surface area contributed by atoms with Crippen molar-refractivity contribution in [2.75, 3.05) is 14.1 Å². The van der Waals surface area contributed by atoms with Crippen molar-refractivity contribution < 1.29 is 0 Å². The van der Waals surface area contributed by atoms with E-state index in [9.17, 15) is 0 Å². The van der Waals surface area contributed by atoms with Crippen LogP contribution in [0.15, 0.2) is 46.4 Å². The van der Waals surface area contributed by atoms with Gasteiger partial charge in [0.2, 0.25) is 0 Å². The molecule has 1 aliphatic rings. The zero-order valence-corrected chi connectivity index (χ0v) is 14.8. The molecule has 22 heavy (non-hydrogen) atoms. The molecule has 0 spiro atoms. The fourth-order valence-electron chi connectivity index (χ4n) is 3.13. The predicted octanol–water partition coefficient (Wildman–Crippen LogP) is 5.42. The lowest BCUT2D eigenvalue weighted by Crippen LogP contribution is -2.26. The van der Waals surface area contributed by atoms with E-state index in [1.54, 1.807) is 0 Å². The van der Waals surface area contributed by atoms with Crippen molar-refractivity contribution in [1.29, 1.82) is 0 Å². The smallest absolute Gasteiger partial charge is 0.0476 e. The Kier molecular flexibility index (Phi) is 8.08. The Hall–Kier alpha value is -1.44. The van der Waals surface area contributed by atoms with Crippen molar-refractivity contribution in [2.24, 2.45) is 21.3 Å². The van der Waals surface area contributed by atoms with E-state index in [0.717, 1.165) is 23.6 Å². The van der Waals surface area contributed by atoms with E-state index in [1.165, 1.54) is 32.1 Å². The first-order valence-corrected chi connectivity index (χ1v) is 8.44. The minimum Gasteiger partial charge on any atom is -0.301 e. The summed E-state index contributed by atoms with van der Waals surface area (Å²) in [7, 11) is 3.68. The molecule has 0 heterocycles. The first kappa shape index (κ1) is 18.6. The standard InChI is InChI=1S/C20H32N2/c1-6-18(14-10-13-17-11-8-7-9-12-17)19(22-5)20(2,3)15-16-21-4/h6,10,13-14,16-17H,1,7-9,11-12,15H2,2-5H3/b13-10+,18-14+,21-16?,22-19?. The van der Waals surface area contributed by atoms with Gasteiger partial charge in [-0.1, -0.05) is 64.0 Å². The highest BCUT2D eigenvalue weighted by Gasteiger charge is 2.25. The summed E-state index contributed by atoms with van der Waals surface area (Å²) in [5.41, 5.74) is 2.17. The summed E-state index contributed by atoms with van der Waals surface area (Å²) in [5, 5.41) is 0. The second kappa shape index (κ2) is 9.55. The normalized spacial score (nSPS) is 19.3. The Morgan fingerprint density at radius 1 is 1.18 bits per heavy atom. The molecule has 0 aromatic carbocycles. The Morgan fingerprint density at radius 3 is 2.41 bits per heavy atom. The molecule has 1 aliphatic carbocycles. The molecular formula is C20H32N2. The van der Waals surface area contributed by atoms with Crippen LogP contribution in [0.25, 0.3) is 0 Å². The molecule has 0 bridgehead atoms. The quantitative estimate of drug-likeness (QED) is 0.443. The first-order valence-electron chi connectivity index (χ1n) is 8.44. The summed E-state index contributed by atoms with van der Waals surface area (Å²) in [4.78, 5) is 8.64. The molecule has 0 radical (unpaired) electrons. The van der Waals surface area contributed by atoms with Gasteiger partial charge in [-0.05, 0) is 37.0 Å². The molecule has 0 N–H and O–H groups in total. The van der Waals surface area contributed by atoms with E-state index in [-0.39, 0.29) is 5.41 Å². The summed E-state index contributed by atoms with van der Waals surface area (Å²) in [6.45, 7) is 8.39. The fourth-order valence-corrected chi connectivity index (χ4v) is 3.13. The van der Waals surface area contributed by atoms with E-state index < -0.39 is 0 Å². The number of rotatable bonds is 7. The molecule has 1 fully saturated rings. The van der Waals surface area contributed by atoms with E-state index in [4.69, 9.17) is 0 Å². The number of allylic oxidation sites excluding steroid dienone is 5. The average molecular weight is 300 g/mol. The second-order valence-electron chi connectivity index (χ2n) is 6.71. The van der Waals surface area contributed by atoms with Crippen molar-refractivity contribution in [3.05, 3.63) is 36.5 Å². The highest BCUT2D eigenvalue weighted by Crippen LogP contribution is 2.27. The SMILES string of the molecule is C=C/C(=C\C=C\C1CCCCC1)C(=NC)C(C)(C)CC=NC. The van der Waals surface area contributed by atoms with Gasteiger partial charge < -0.3 is 4.99 Å². The number of hydrogen-bond donors (Lipinski definition) is 0. The molecule has 2 heteroatoms. The topological polar surface area (TPSA) is 24.7 Å². The van der Waals surface area contributed by atoms with Crippen molar-refractivity contribution in [2.45, 2.75) is 52.4 Å². The van der Waals surface area contributed by atoms with E-state index in [0.29, 0.717) is 0 Å². The van der Waals surface area contributed by atoms with E-state index >= 15 is 0 Å². The fraction of sp³-hybridized carbons (Fsp3) is 0.600. The van der Waals surface area contributed by atoms with Gasteiger partial charge in [0, 0.05) is 25.2 Å². The lowest BCUT2D eigenvalue weighted by atomic mass is 9.80. The maximum absolute atomic E-state index is 4.53. The summed E-state index contributed by atoms with van der Waals surface area (Å²) >= 11 is 0. The van der Waals surface area contributed by atoms with Crippen LogP contribution in [0.2, 0.25) is 0 Å². The van der Waals surface area contributed by atoms with Gasteiger partial charge in [-0.3, -0.25) is 4.99 Å². The van der Waals surface area contributed by atoms with Crippen LogP contribution in [0.5, 0.6) is 0 Å². The minimum atomic E-state index is -0.0348. The molecule has 0 atom stereocenters. The predicted molar refractivity (Wildman–Crippen MR) is 100 cm³/mol. The van der Waals surface area contributed by atoms with Crippen LogP contribution >= 0.6 is 0 Å². The summed E-state index contributed by atoms with van der Waals surface area (Å²) in [6.07, 6.45) is 18.3. The Labute approximate surface area is 136 Å². The van der Waals surface area contributed by atoms with Crippen molar-refractivity contribution in [3.63, 3.8) is 0 Å². The number of aliphatic imine (C=N–C) groups is 2. The van der Waals surface area contributed by atoms with Gasteiger partial charge in [-0.25, -0.2) is 0 Å². The second-order valence-corrected chi connectivity index (χ2v) is 6.71. The first-order chi connectivity index (χ1) is 10.5. The van der Waals surface area contributed by atoms with Crippen LogP contribution in [0.4, 0.5) is 0 Å². The zero-order chi connectivity index (χ0) is 16.4. The monoisotopic (exact) mass is 300 g/mol. The van der Waals surface area contributed by atoms with Crippen LogP contribution in [-0.4, -0.2) is 26.0 Å². The van der Waals surface area contributed by atoms with Crippen LogP contribution in [0.3, 0.4) is 0 Å². The van der Waals surface area contributed by atoms with Crippen molar-refractivity contribution >= 4 is 11.9 Å². The summed E-state index contributed by atoms with van der Waals surface area (Å²) < 4.78 is 0. The van der Waals surface area contributed by atoms with Gasteiger partial charge in [0.1, 0.15) is 0 Å². The molecule has 2 nitrogen and oxygen atoms in total. The highest BCUT2D eigenvalue weighted by molar-refractivity contribution is 6.07. The number of hydrogen-bond acceptors (Lipinski definition) is 2. The van der Waals surface area contributed by atoms with Gasteiger partial charge in [-0.2, -0.15) is 0 Å². The molecule has 122 valence electrons. The third-order valence-corrected chi connectivity index (χ3v) is 4.45. The average Bonchev–Trinajstić information content (AvgIpc) is 2.53. The van der Waals surface area contributed by atoms with E-state index in [1.807, 2.05) is 26.4 Å². The number of nitrogens with zero attached hydrogens (tertiary/aromatic N) is 2. The molecule has 0 aliphatic heterocycles. The van der Waals surface area contributed by atoms with Crippen molar-refractivity contribution in [3.8, 4) is 0 Å². The van der Waals surface area contributed by atoms with Crippen LogP contribution in [-0.2, 0) is 0 Å². The van der Waals surface area contributed by atoms with Gasteiger partial charge >= 0.3 is 0 Å². The van der Waals surface area contributed by atoms with Crippen LogP contribution < -0.4 is 0 Å². The van der Waals surface area contributed by atoms with E-state index in [2.05, 4.69) is 48.6 Å². The van der Waals surface area contributed by atoms with Gasteiger partial charge in [-0.15, -0.1) is 0 Å². The zero-order valence-electron chi connectivity index (χ0n) is 14.8. The molecule has 0 unspecified atom stereocenters. The highest BCUT2D eigenvalue weighted by atomic mass is 14.7. The molecule has 0 amide bonds. The maximum atomic E-state index is 4.53. The molecular weight excluding hydrogens is 268 g/mol. The lowest BCUT2D eigenvalue weighted by Gasteiger charge is -2.25. The molecule has 1 rings (SSSR count). The van der Waals surface area contributed by atoms with Gasteiger partial charge in [0.15, 0.2) is 0 Å². The van der Waals surface area contributed by atoms with Crippen LogP contribution in [0.1, 0.15) is 52.4 Å². The van der Waals surface area contributed by atoms with Gasteiger partial charge in [0.05, 0.1) is 0 Å². The molecule has 0 aromatic rings. The minimum absolute atomic E-state index is 0.0348. The summed E-state index contributed by atoms with van der Waals surface area (Å²) in [6, 6.07) is 0. The van der Waals surface area contributed by atoms with Crippen molar-refractivity contribution in [1.82, 2.24) is 0 Å². The van der Waals surface area contributed by atoms with Crippen LogP contribution in [0, 0.1) is 11.3 Å². The maximum Gasteiger partial charge on any atom is 0.0476 e. The largest absolute Gasteiger partial charge is 0.301 e.